The van der Waals surface area contributed by atoms with E-state index in [1.165, 1.54) is 0 Å². The molecule has 0 aliphatic heterocycles. The van der Waals surface area contributed by atoms with Crippen LogP contribution >= 0.6 is 11.6 Å². The molecule has 0 heterocycles. The third-order valence-electron chi connectivity index (χ3n) is 3.12. The molecule has 0 aliphatic rings. The third kappa shape index (κ3) is 3.28. The summed E-state index contributed by atoms with van der Waals surface area (Å²) in [5.74, 6) is 0.867. The first-order valence-corrected chi connectivity index (χ1v) is 6.74. The normalized spacial score (nSPS) is 12.2. The highest BCUT2D eigenvalue weighted by molar-refractivity contribution is 6.30. The molecule has 100 valence electrons. The first kappa shape index (κ1) is 13.9. The standard InChI is InChI=1S/C16H18ClNO/c1-3-19-14-7-4-12(5-8-14)16(18)15-9-6-13(17)10-11(15)2/h4-10,16H,3,18H2,1-2H3. The maximum absolute atomic E-state index is 6.31. The molecule has 1 unspecified atom stereocenters. The molecule has 2 aromatic rings. The van der Waals surface area contributed by atoms with E-state index in [0.717, 1.165) is 27.5 Å². The second kappa shape index (κ2) is 6.09. The van der Waals surface area contributed by atoms with Gasteiger partial charge in [0.1, 0.15) is 5.75 Å². The van der Waals surface area contributed by atoms with E-state index in [2.05, 4.69) is 0 Å². The van der Waals surface area contributed by atoms with Gasteiger partial charge in [0.15, 0.2) is 0 Å². The molecule has 0 saturated carbocycles. The Morgan fingerprint density at radius 2 is 1.84 bits per heavy atom. The maximum atomic E-state index is 6.31. The molecule has 3 heteroatoms. The Kier molecular flexibility index (Phi) is 4.46. The topological polar surface area (TPSA) is 35.2 Å². The van der Waals surface area contributed by atoms with Crippen LogP contribution in [0.15, 0.2) is 42.5 Å². The minimum absolute atomic E-state index is 0.145. The first-order chi connectivity index (χ1) is 9.11. The zero-order valence-electron chi connectivity index (χ0n) is 11.2. The molecule has 0 fully saturated rings. The van der Waals surface area contributed by atoms with Crippen molar-refractivity contribution in [2.24, 2.45) is 5.73 Å². The largest absolute Gasteiger partial charge is 0.494 e. The highest BCUT2D eigenvalue weighted by atomic mass is 35.5. The van der Waals surface area contributed by atoms with Gasteiger partial charge in [0.05, 0.1) is 12.6 Å². The van der Waals surface area contributed by atoms with Crippen LogP contribution in [0.25, 0.3) is 0 Å². The second-order valence-corrected chi connectivity index (χ2v) is 4.92. The maximum Gasteiger partial charge on any atom is 0.119 e. The highest BCUT2D eigenvalue weighted by Gasteiger charge is 2.11. The summed E-state index contributed by atoms with van der Waals surface area (Å²) in [4.78, 5) is 0. The van der Waals surface area contributed by atoms with E-state index in [9.17, 15) is 0 Å². The van der Waals surface area contributed by atoms with Crippen molar-refractivity contribution in [3.05, 3.63) is 64.2 Å². The van der Waals surface area contributed by atoms with Crippen LogP contribution < -0.4 is 10.5 Å². The predicted molar refractivity (Wildman–Crippen MR) is 79.8 cm³/mol. The lowest BCUT2D eigenvalue weighted by atomic mass is 9.96. The van der Waals surface area contributed by atoms with Gasteiger partial charge in [-0.05, 0) is 54.8 Å². The number of hydrogen-bond donors (Lipinski definition) is 1. The number of benzene rings is 2. The molecule has 0 aromatic heterocycles. The van der Waals surface area contributed by atoms with Crippen molar-refractivity contribution >= 4 is 11.6 Å². The number of halogens is 1. The molecule has 0 spiro atoms. The fourth-order valence-electron chi connectivity index (χ4n) is 2.11. The Hall–Kier alpha value is -1.51. The Morgan fingerprint density at radius 1 is 1.16 bits per heavy atom. The Labute approximate surface area is 119 Å². The minimum atomic E-state index is -0.145. The molecule has 2 nitrogen and oxygen atoms in total. The van der Waals surface area contributed by atoms with Crippen molar-refractivity contribution < 1.29 is 4.74 Å². The van der Waals surface area contributed by atoms with Crippen LogP contribution in [0, 0.1) is 6.92 Å². The van der Waals surface area contributed by atoms with Crippen molar-refractivity contribution in [3.8, 4) is 5.75 Å². The lowest BCUT2D eigenvalue weighted by molar-refractivity contribution is 0.340. The fourth-order valence-corrected chi connectivity index (χ4v) is 2.33. The van der Waals surface area contributed by atoms with Crippen LogP contribution in [0.5, 0.6) is 5.75 Å². The third-order valence-corrected chi connectivity index (χ3v) is 3.35. The number of ether oxygens (including phenoxy) is 1. The molecule has 2 aromatic carbocycles. The van der Waals surface area contributed by atoms with Crippen LogP contribution in [0.1, 0.15) is 29.7 Å². The van der Waals surface area contributed by atoms with Gasteiger partial charge in [0.25, 0.3) is 0 Å². The molecule has 0 bridgehead atoms. The van der Waals surface area contributed by atoms with Crippen molar-refractivity contribution in [1.82, 2.24) is 0 Å². The van der Waals surface area contributed by atoms with Gasteiger partial charge in [0, 0.05) is 5.02 Å². The monoisotopic (exact) mass is 275 g/mol. The van der Waals surface area contributed by atoms with Gasteiger partial charge < -0.3 is 10.5 Å². The molecule has 0 aliphatic carbocycles. The molecule has 2 rings (SSSR count). The molecule has 2 N–H and O–H groups in total. The smallest absolute Gasteiger partial charge is 0.119 e. The Bertz CT molecular complexity index is 551. The average Bonchev–Trinajstić information content (AvgIpc) is 2.39. The Balaban J connectivity index is 2.25. The molecule has 0 amide bonds. The summed E-state index contributed by atoms with van der Waals surface area (Å²) in [5.41, 5.74) is 9.57. The van der Waals surface area contributed by atoms with Crippen LogP contribution in [0.2, 0.25) is 5.02 Å². The summed E-state index contributed by atoms with van der Waals surface area (Å²) in [6, 6.07) is 13.6. The van der Waals surface area contributed by atoms with Gasteiger partial charge in [0.2, 0.25) is 0 Å². The molecule has 0 radical (unpaired) electrons. The molecular formula is C16H18ClNO. The molecule has 0 saturated heterocycles. The summed E-state index contributed by atoms with van der Waals surface area (Å²) >= 11 is 5.97. The second-order valence-electron chi connectivity index (χ2n) is 4.48. The quantitative estimate of drug-likeness (QED) is 0.912. The lowest BCUT2D eigenvalue weighted by Gasteiger charge is -2.16. The van der Waals surface area contributed by atoms with Gasteiger partial charge in [-0.1, -0.05) is 29.8 Å². The van der Waals surface area contributed by atoms with E-state index in [1.54, 1.807) is 0 Å². The molecular weight excluding hydrogens is 258 g/mol. The number of hydrogen-bond acceptors (Lipinski definition) is 2. The van der Waals surface area contributed by atoms with Gasteiger partial charge in [-0.15, -0.1) is 0 Å². The van der Waals surface area contributed by atoms with Crippen LogP contribution in [0.3, 0.4) is 0 Å². The average molecular weight is 276 g/mol. The summed E-state index contributed by atoms with van der Waals surface area (Å²) < 4.78 is 5.43. The van der Waals surface area contributed by atoms with E-state index < -0.39 is 0 Å². The first-order valence-electron chi connectivity index (χ1n) is 6.36. The minimum Gasteiger partial charge on any atom is -0.494 e. The van der Waals surface area contributed by atoms with Crippen molar-refractivity contribution in [1.29, 1.82) is 0 Å². The number of aryl methyl sites for hydroxylation is 1. The summed E-state index contributed by atoms with van der Waals surface area (Å²) in [5, 5.41) is 0.736. The predicted octanol–water partition coefficient (Wildman–Crippen LogP) is 4.10. The van der Waals surface area contributed by atoms with Gasteiger partial charge in [-0.25, -0.2) is 0 Å². The van der Waals surface area contributed by atoms with Crippen LogP contribution in [0.4, 0.5) is 0 Å². The van der Waals surface area contributed by atoms with Gasteiger partial charge in [-0.3, -0.25) is 0 Å². The van der Waals surface area contributed by atoms with Gasteiger partial charge in [-0.2, -0.15) is 0 Å². The number of nitrogens with two attached hydrogens (primary N) is 1. The van der Waals surface area contributed by atoms with Crippen molar-refractivity contribution in [2.75, 3.05) is 6.61 Å². The van der Waals surface area contributed by atoms with Crippen LogP contribution in [-0.4, -0.2) is 6.61 Å². The molecule has 19 heavy (non-hydrogen) atoms. The van der Waals surface area contributed by atoms with E-state index in [0.29, 0.717) is 6.61 Å². The lowest BCUT2D eigenvalue weighted by Crippen LogP contribution is -2.13. The fraction of sp³-hybridized carbons (Fsp3) is 0.250. The van der Waals surface area contributed by atoms with E-state index in [4.69, 9.17) is 22.1 Å². The van der Waals surface area contributed by atoms with Gasteiger partial charge >= 0.3 is 0 Å². The molecule has 1 atom stereocenters. The summed E-state index contributed by atoms with van der Waals surface area (Å²) in [6.45, 7) is 4.66. The zero-order valence-corrected chi connectivity index (χ0v) is 11.9. The van der Waals surface area contributed by atoms with Crippen LogP contribution in [-0.2, 0) is 0 Å². The van der Waals surface area contributed by atoms with Crippen molar-refractivity contribution in [3.63, 3.8) is 0 Å². The van der Waals surface area contributed by atoms with Crippen molar-refractivity contribution in [2.45, 2.75) is 19.9 Å². The summed E-state index contributed by atoms with van der Waals surface area (Å²) in [6.07, 6.45) is 0. The highest BCUT2D eigenvalue weighted by Crippen LogP contribution is 2.26. The summed E-state index contributed by atoms with van der Waals surface area (Å²) in [7, 11) is 0. The zero-order chi connectivity index (χ0) is 13.8. The van der Waals surface area contributed by atoms with E-state index >= 15 is 0 Å². The number of rotatable bonds is 4. The SMILES string of the molecule is CCOc1ccc(C(N)c2ccc(Cl)cc2C)cc1. The van der Waals surface area contributed by atoms with E-state index in [1.807, 2.05) is 56.3 Å². The Morgan fingerprint density at radius 3 is 2.42 bits per heavy atom. The van der Waals surface area contributed by atoms with E-state index in [-0.39, 0.29) is 6.04 Å².